The van der Waals surface area contributed by atoms with Crippen molar-refractivity contribution in [3.63, 3.8) is 0 Å². The van der Waals surface area contributed by atoms with Gasteiger partial charge in [-0.3, -0.25) is 4.98 Å². The van der Waals surface area contributed by atoms with E-state index in [1.807, 2.05) is 0 Å². The zero-order chi connectivity index (χ0) is 12.3. The molecule has 0 amide bonds. The maximum Gasteiger partial charge on any atom is 0.150 e. The van der Waals surface area contributed by atoms with Gasteiger partial charge in [0, 0.05) is 11.8 Å². The van der Waals surface area contributed by atoms with Crippen molar-refractivity contribution in [3.05, 3.63) is 53.1 Å². The van der Waals surface area contributed by atoms with Crippen LogP contribution in [0.2, 0.25) is 5.02 Å². The Balaban J connectivity index is 2.31. The summed E-state index contributed by atoms with van der Waals surface area (Å²) in [7, 11) is 0. The first-order valence-corrected chi connectivity index (χ1v) is 5.73. The molecule has 1 aromatic heterocycles. The first-order chi connectivity index (χ1) is 8.20. The Morgan fingerprint density at radius 1 is 1.24 bits per heavy atom. The monoisotopic (exact) mass is 271 g/mol. The quantitative estimate of drug-likeness (QED) is 0.772. The van der Waals surface area contributed by atoms with Gasteiger partial charge in [0.1, 0.15) is 17.3 Å². The molecular weight excluding hydrogens is 264 g/mol. The minimum absolute atomic E-state index is 0.203. The molecule has 0 spiro atoms. The summed E-state index contributed by atoms with van der Waals surface area (Å²) < 4.78 is 18.4. The molecule has 0 fully saturated rings. The molecular formula is C12H8Cl2FNO. The van der Waals surface area contributed by atoms with Gasteiger partial charge in [0.25, 0.3) is 0 Å². The van der Waals surface area contributed by atoms with Crippen molar-refractivity contribution in [3.8, 4) is 11.5 Å². The molecule has 1 heterocycles. The van der Waals surface area contributed by atoms with Crippen LogP contribution in [0.15, 0.2) is 36.7 Å². The summed E-state index contributed by atoms with van der Waals surface area (Å²) >= 11 is 11.6. The number of hydrogen-bond acceptors (Lipinski definition) is 2. The van der Waals surface area contributed by atoms with E-state index >= 15 is 0 Å². The molecule has 2 rings (SSSR count). The van der Waals surface area contributed by atoms with Crippen LogP contribution < -0.4 is 4.74 Å². The number of alkyl halides is 1. The van der Waals surface area contributed by atoms with Crippen LogP contribution in [0.3, 0.4) is 0 Å². The van der Waals surface area contributed by atoms with Crippen LogP contribution in [0.25, 0.3) is 0 Å². The predicted octanol–water partition coefficient (Wildman–Crippen LogP) is 4.41. The number of ether oxygens (including phenoxy) is 1. The lowest BCUT2D eigenvalue weighted by molar-refractivity contribution is 0.474. The lowest BCUT2D eigenvalue weighted by Crippen LogP contribution is -1.91. The fourth-order valence-corrected chi connectivity index (χ4v) is 1.71. The Bertz CT molecular complexity index is 534. The lowest BCUT2D eigenvalue weighted by atomic mass is 10.3. The van der Waals surface area contributed by atoms with Crippen molar-refractivity contribution in [2.24, 2.45) is 0 Å². The fraction of sp³-hybridized carbons (Fsp3) is 0.0833. The molecule has 0 atom stereocenters. The van der Waals surface area contributed by atoms with E-state index in [9.17, 15) is 4.39 Å². The van der Waals surface area contributed by atoms with E-state index in [0.29, 0.717) is 17.4 Å². The smallest absolute Gasteiger partial charge is 0.150 e. The molecule has 0 aliphatic rings. The summed E-state index contributed by atoms with van der Waals surface area (Å²) in [5.41, 5.74) is 0.794. The predicted molar refractivity (Wildman–Crippen MR) is 65.3 cm³/mol. The maximum atomic E-state index is 12.9. The number of benzene rings is 1. The number of rotatable bonds is 3. The minimum atomic E-state index is -0.411. The van der Waals surface area contributed by atoms with E-state index in [1.165, 1.54) is 24.4 Å². The van der Waals surface area contributed by atoms with Crippen LogP contribution in [-0.4, -0.2) is 4.98 Å². The summed E-state index contributed by atoms with van der Waals surface area (Å²) in [6.07, 6.45) is 3.16. The van der Waals surface area contributed by atoms with E-state index < -0.39 is 5.82 Å². The number of aromatic nitrogens is 1. The standard InChI is InChI=1S/C12H8Cl2FNO/c13-6-8-3-4-16-7-12(8)17-11-2-1-9(15)5-10(11)14/h1-5,7H,6H2. The van der Waals surface area contributed by atoms with Crippen molar-refractivity contribution in [1.82, 2.24) is 4.98 Å². The number of halogens is 3. The van der Waals surface area contributed by atoms with Crippen molar-refractivity contribution in [2.45, 2.75) is 5.88 Å². The topological polar surface area (TPSA) is 22.1 Å². The molecule has 88 valence electrons. The van der Waals surface area contributed by atoms with Crippen molar-refractivity contribution in [1.29, 1.82) is 0 Å². The first kappa shape index (κ1) is 12.1. The normalized spacial score (nSPS) is 10.3. The van der Waals surface area contributed by atoms with Gasteiger partial charge in [-0.05, 0) is 24.3 Å². The minimum Gasteiger partial charge on any atom is -0.454 e. The molecule has 0 aliphatic heterocycles. The third-order valence-electron chi connectivity index (χ3n) is 2.13. The van der Waals surface area contributed by atoms with Crippen LogP contribution in [0.5, 0.6) is 11.5 Å². The van der Waals surface area contributed by atoms with Crippen molar-refractivity contribution < 1.29 is 9.13 Å². The third-order valence-corrected chi connectivity index (χ3v) is 2.71. The Morgan fingerprint density at radius 2 is 2.06 bits per heavy atom. The second-order valence-corrected chi connectivity index (χ2v) is 3.97. The van der Waals surface area contributed by atoms with Crippen LogP contribution >= 0.6 is 23.2 Å². The van der Waals surface area contributed by atoms with Crippen LogP contribution in [0.4, 0.5) is 4.39 Å². The molecule has 1 aromatic carbocycles. The molecule has 2 aromatic rings. The Morgan fingerprint density at radius 3 is 2.76 bits per heavy atom. The molecule has 2 nitrogen and oxygen atoms in total. The van der Waals surface area contributed by atoms with Gasteiger partial charge in [0.15, 0.2) is 0 Å². The van der Waals surface area contributed by atoms with Gasteiger partial charge < -0.3 is 4.74 Å². The van der Waals surface area contributed by atoms with Crippen LogP contribution in [0, 0.1) is 5.82 Å². The Hall–Kier alpha value is -1.32. The van der Waals surface area contributed by atoms with Gasteiger partial charge in [-0.25, -0.2) is 4.39 Å². The van der Waals surface area contributed by atoms with E-state index in [0.717, 1.165) is 5.56 Å². The average Bonchev–Trinajstić information content (AvgIpc) is 2.33. The molecule has 0 aliphatic carbocycles. The zero-order valence-corrected chi connectivity index (χ0v) is 10.2. The molecule has 17 heavy (non-hydrogen) atoms. The van der Waals surface area contributed by atoms with Gasteiger partial charge in [-0.1, -0.05) is 11.6 Å². The SMILES string of the molecule is Fc1ccc(Oc2cnccc2CCl)c(Cl)c1. The van der Waals surface area contributed by atoms with Crippen LogP contribution in [0.1, 0.15) is 5.56 Å². The molecule has 0 N–H and O–H groups in total. The van der Waals surface area contributed by atoms with Crippen molar-refractivity contribution >= 4 is 23.2 Å². The average molecular weight is 272 g/mol. The van der Waals surface area contributed by atoms with E-state index in [-0.39, 0.29) is 5.02 Å². The molecule has 0 radical (unpaired) electrons. The van der Waals surface area contributed by atoms with Gasteiger partial charge in [-0.2, -0.15) is 0 Å². The molecule has 0 saturated carbocycles. The summed E-state index contributed by atoms with van der Waals surface area (Å²) in [5, 5.41) is 0.203. The third kappa shape index (κ3) is 2.87. The van der Waals surface area contributed by atoms with E-state index in [2.05, 4.69) is 4.98 Å². The summed E-state index contributed by atoms with van der Waals surface area (Å²) in [6.45, 7) is 0. The lowest BCUT2D eigenvalue weighted by Gasteiger charge is -2.09. The van der Waals surface area contributed by atoms with Crippen molar-refractivity contribution in [2.75, 3.05) is 0 Å². The zero-order valence-electron chi connectivity index (χ0n) is 8.66. The van der Waals surface area contributed by atoms with Gasteiger partial charge in [0.05, 0.1) is 17.1 Å². The highest BCUT2D eigenvalue weighted by Crippen LogP contribution is 2.31. The highest BCUT2D eigenvalue weighted by Gasteiger charge is 2.07. The van der Waals surface area contributed by atoms with E-state index in [1.54, 1.807) is 12.3 Å². The second kappa shape index (κ2) is 5.34. The van der Waals surface area contributed by atoms with Gasteiger partial charge >= 0.3 is 0 Å². The summed E-state index contributed by atoms with van der Waals surface area (Å²) in [6, 6.07) is 5.67. The Kier molecular flexibility index (Phi) is 3.82. The highest BCUT2D eigenvalue weighted by molar-refractivity contribution is 6.32. The highest BCUT2D eigenvalue weighted by atomic mass is 35.5. The molecule has 0 saturated heterocycles. The number of pyridine rings is 1. The maximum absolute atomic E-state index is 12.9. The largest absolute Gasteiger partial charge is 0.454 e. The summed E-state index contributed by atoms with van der Waals surface area (Å²) in [5.74, 6) is 0.769. The number of nitrogens with zero attached hydrogens (tertiary/aromatic N) is 1. The molecule has 0 bridgehead atoms. The second-order valence-electron chi connectivity index (χ2n) is 3.29. The van der Waals surface area contributed by atoms with Crippen LogP contribution in [-0.2, 0) is 5.88 Å². The number of hydrogen-bond donors (Lipinski definition) is 0. The van der Waals surface area contributed by atoms with E-state index in [4.69, 9.17) is 27.9 Å². The fourth-order valence-electron chi connectivity index (χ4n) is 1.29. The van der Waals surface area contributed by atoms with Gasteiger partial charge in [0.2, 0.25) is 0 Å². The molecule has 0 unspecified atom stereocenters. The summed E-state index contributed by atoms with van der Waals surface area (Å²) in [4.78, 5) is 3.94. The Labute approximate surface area is 108 Å². The first-order valence-electron chi connectivity index (χ1n) is 4.82. The van der Waals surface area contributed by atoms with Gasteiger partial charge in [-0.15, -0.1) is 11.6 Å². The molecule has 5 heteroatoms.